The van der Waals surface area contributed by atoms with Crippen molar-refractivity contribution in [1.29, 1.82) is 0 Å². The van der Waals surface area contributed by atoms with Crippen LogP contribution in [-0.4, -0.2) is 18.8 Å². The van der Waals surface area contributed by atoms with Crippen LogP contribution in [0.15, 0.2) is 83.9 Å². The minimum absolute atomic E-state index is 0.134. The van der Waals surface area contributed by atoms with Gasteiger partial charge in [0, 0.05) is 21.7 Å². The molecule has 0 unspecified atom stereocenters. The summed E-state index contributed by atoms with van der Waals surface area (Å²) >= 11 is 6.10. The minimum atomic E-state index is -0.134. The minimum Gasteiger partial charge on any atom is -0.481 e. The van der Waals surface area contributed by atoms with E-state index in [2.05, 4.69) is 4.99 Å². The second kappa shape index (κ2) is 7.77. The average Bonchev–Trinajstić information content (AvgIpc) is 2.67. The molecule has 4 heteroatoms. The van der Waals surface area contributed by atoms with E-state index in [1.807, 2.05) is 48.5 Å². The highest BCUT2D eigenvalue weighted by Crippen LogP contribution is 2.27. The van der Waals surface area contributed by atoms with Crippen LogP contribution in [0.4, 0.5) is 5.69 Å². The highest BCUT2D eigenvalue weighted by atomic mass is 35.5. The summed E-state index contributed by atoms with van der Waals surface area (Å²) in [6, 6.07) is 23.6. The van der Waals surface area contributed by atoms with Crippen LogP contribution in [0.25, 0.3) is 0 Å². The number of carbonyl (C=O) groups excluding carboxylic acids is 1. The maximum Gasteiger partial charge on any atom is 0.221 e. The number of nitrogens with zero attached hydrogens (tertiary/aromatic N) is 1. The van der Waals surface area contributed by atoms with Gasteiger partial charge in [-0.1, -0.05) is 60.1 Å². The third kappa shape index (κ3) is 3.95. The van der Waals surface area contributed by atoms with Crippen molar-refractivity contribution in [2.75, 3.05) is 7.11 Å². The van der Waals surface area contributed by atoms with Crippen LogP contribution in [0.2, 0.25) is 5.02 Å². The van der Waals surface area contributed by atoms with Crippen molar-refractivity contribution in [1.82, 2.24) is 0 Å². The van der Waals surface area contributed by atoms with Crippen molar-refractivity contribution in [3.8, 4) is 0 Å². The van der Waals surface area contributed by atoms with E-state index in [9.17, 15) is 4.79 Å². The number of hydrogen-bond acceptors (Lipinski definition) is 3. The number of rotatable bonds is 4. The van der Waals surface area contributed by atoms with Gasteiger partial charge in [0.25, 0.3) is 0 Å². The first-order chi connectivity index (χ1) is 12.2. The summed E-state index contributed by atoms with van der Waals surface area (Å²) in [7, 11) is 1.56. The quantitative estimate of drug-likeness (QED) is 0.364. The molecule has 3 nitrogen and oxygen atoms in total. The maximum absolute atomic E-state index is 12.9. The summed E-state index contributed by atoms with van der Waals surface area (Å²) < 4.78 is 5.42. The zero-order chi connectivity index (χ0) is 17.6. The third-order valence-electron chi connectivity index (χ3n) is 3.68. The molecule has 3 rings (SSSR count). The number of carbonyl (C=O) groups is 1. The number of benzene rings is 3. The normalized spacial score (nSPS) is 11.2. The van der Waals surface area contributed by atoms with Gasteiger partial charge in [-0.25, -0.2) is 4.99 Å². The predicted octanol–water partition coefficient (Wildman–Crippen LogP) is 5.30. The monoisotopic (exact) mass is 349 g/mol. The Bertz CT molecular complexity index is 906. The molecule has 0 radical (unpaired) electrons. The Labute approximate surface area is 151 Å². The van der Waals surface area contributed by atoms with Crippen LogP contribution in [0.5, 0.6) is 0 Å². The molecule has 0 aromatic heterocycles. The second-order valence-corrected chi connectivity index (χ2v) is 5.78. The molecule has 25 heavy (non-hydrogen) atoms. The number of methoxy groups -OCH3 is 1. The third-order valence-corrected chi connectivity index (χ3v) is 3.91. The molecule has 3 aromatic rings. The highest BCUT2D eigenvalue weighted by Gasteiger charge is 2.15. The average molecular weight is 350 g/mol. The van der Waals surface area contributed by atoms with E-state index in [1.54, 1.807) is 37.4 Å². The van der Waals surface area contributed by atoms with Crippen LogP contribution in [0.3, 0.4) is 0 Å². The van der Waals surface area contributed by atoms with E-state index >= 15 is 0 Å². The summed E-state index contributed by atoms with van der Waals surface area (Å²) in [6.45, 7) is 0. The molecule has 0 spiro atoms. The van der Waals surface area contributed by atoms with E-state index < -0.39 is 0 Å². The lowest BCUT2D eigenvalue weighted by Crippen LogP contribution is -2.05. The molecule has 0 amide bonds. The molecular formula is C21H16ClNO2. The first-order valence-corrected chi connectivity index (χ1v) is 8.14. The largest absolute Gasteiger partial charge is 0.481 e. The zero-order valence-corrected chi connectivity index (χ0v) is 14.4. The molecule has 0 saturated heterocycles. The van der Waals surface area contributed by atoms with Crippen molar-refractivity contribution in [2.45, 2.75) is 0 Å². The summed E-state index contributed by atoms with van der Waals surface area (Å²) in [5, 5.41) is 0.483. The lowest BCUT2D eigenvalue weighted by atomic mass is 10.0. The van der Waals surface area contributed by atoms with Gasteiger partial charge in [0.2, 0.25) is 5.90 Å². The van der Waals surface area contributed by atoms with Crippen molar-refractivity contribution in [2.24, 2.45) is 4.99 Å². The van der Waals surface area contributed by atoms with Crippen LogP contribution in [0, 0.1) is 0 Å². The topological polar surface area (TPSA) is 38.7 Å². The van der Waals surface area contributed by atoms with E-state index in [4.69, 9.17) is 16.3 Å². The van der Waals surface area contributed by atoms with E-state index in [1.165, 1.54) is 0 Å². The SMILES string of the molecule is COC(=Nc1ccc(Cl)cc1C(=O)c1ccccc1)c1ccccc1. The molecule has 0 fully saturated rings. The maximum atomic E-state index is 12.9. The Morgan fingerprint density at radius 2 is 1.48 bits per heavy atom. The Balaban J connectivity index is 2.08. The first-order valence-electron chi connectivity index (χ1n) is 7.76. The van der Waals surface area contributed by atoms with Gasteiger partial charge < -0.3 is 4.74 Å². The summed E-state index contributed by atoms with van der Waals surface area (Å²) in [5.74, 6) is 0.301. The number of aliphatic imine (C=N–C) groups is 1. The van der Waals surface area contributed by atoms with E-state index in [-0.39, 0.29) is 5.78 Å². The van der Waals surface area contributed by atoms with E-state index in [0.717, 1.165) is 5.56 Å². The smallest absolute Gasteiger partial charge is 0.221 e. The van der Waals surface area contributed by atoms with Gasteiger partial charge in [-0.2, -0.15) is 0 Å². The number of ether oxygens (including phenoxy) is 1. The van der Waals surface area contributed by atoms with Gasteiger partial charge >= 0.3 is 0 Å². The van der Waals surface area contributed by atoms with Gasteiger partial charge in [0.1, 0.15) is 0 Å². The zero-order valence-electron chi connectivity index (χ0n) is 13.6. The molecule has 0 aliphatic carbocycles. The van der Waals surface area contributed by atoms with Gasteiger partial charge in [0.15, 0.2) is 5.78 Å². The van der Waals surface area contributed by atoms with Crippen LogP contribution in [0.1, 0.15) is 21.5 Å². The van der Waals surface area contributed by atoms with E-state index in [0.29, 0.717) is 27.7 Å². The first kappa shape index (κ1) is 16.9. The Kier molecular flexibility index (Phi) is 5.26. The molecule has 0 bridgehead atoms. The standard InChI is InChI=1S/C21H16ClNO2/c1-25-21(16-10-6-3-7-11-16)23-19-13-12-17(22)14-18(19)20(24)15-8-4-2-5-9-15/h2-14H,1H3. The molecule has 3 aromatic carbocycles. The van der Waals surface area contributed by atoms with Gasteiger partial charge in [-0.3, -0.25) is 4.79 Å². The van der Waals surface area contributed by atoms with Crippen molar-refractivity contribution < 1.29 is 9.53 Å². The predicted molar refractivity (Wildman–Crippen MR) is 101 cm³/mol. The van der Waals surface area contributed by atoms with Crippen LogP contribution < -0.4 is 0 Å². The fourth-order valence-electron chi connectivity index (χ4n) is 2.45. The molecule has 0 heterocycles. The highest BCUT2D eigenvalue weighted by molar-refractivity contribution is 6.31. The molecule has 0 N–H and O–H groups in total. The number of halogens is 1. The van der Waals surface area contributed by atoms with Gasteiger partial charge in [-0.05, 0) is 30.3 Å². The second-order valence-electron chi connectivity index (χ2n) is 5.34. The van der Waals surface area contributed by atoms with Gasteiger partial charge in [0.05, 0.1) is 12.8 Å². The summed E-state index contributed by atoms with van der Waals surface area (Å²) in [6.07, 6.45) is 0. The Morgan fingerprint density at radius 3 is 2.08 bits per heavy atom. The number of ketones is 1. The Hall–Kier alpha value is -2.91. The molecule has 0 aliphatic heterocycles. The molecule has 0 aliphatic rings. The lowest BCUT2D eigenvalue weighted by Gasteiger charge is -2.09. The molecule has 0 saturated carbocycles. The fraction of sp³-hybridized carbons (Fsp3) is 0.0476. The molecule has 0 atom stereocenters. The molecule has 124 valence electrons. The number of hydrogen-bond donors (Lipinski definition) is 0. The van der Waals surface area contributed by atoms with Crippen molar-refractivity contribution >= 4 is 29.0 Å². The fourth-order valence-corrected chi connectivity index (χ4v) is 2.62. The van der Waals surface area contributed by atoms with Crippen LogP contribution in [-0.2, 0) is 4.74 Å². The van der Waals surface area contributed by atoms with Crippen molar-refractivity contribution in [3.63, 3.8) is 0 Å². The molecular weight excluding hydrogens is 334 g/mol. The summed E-state index contributed by atoms with van der Waals surface area (Å²) in [4.78, 5) is 17.4. The van der Waals surface area contributed by atoms with Crippen LogP contribution >= 0.6 is 11.6 Å². The lowest BCUT2D eigenvalue weighted by molar-refractivity contribution is 0.103. The summed E-state index contributed by atoms with van der Waals surface area (Å²) in [5.41, 5.74) is 2.36. The van der Waals surface area contributed by atoms with Gasteiger partial charge in [-0.15, -0.1) is 0 Å². The van der Waals surface area contributed by atoms with Crippen molar-refractivity contribution in [3.05, 3.63) is 101 Å². The Morgan fingerprint density at radius 1 is 0.880 bits per heavy atom.